The molecule has 0 aliphatic carbocycles. The monoisotopic (exact) mass is 693 g/mol. The number of hydrogen-bond donors (Lipinski definition) is 0. The van der Waals surface area contributed by atoms with E-state index in [4.69, 9.17) is 88.4 Å². The van der Waals surface area contributed by atoms with Gasteiger partial charge in [-0.2, -0.15) is 4.90 Å². The molecule has 0 N–H and O–H groups in total. The van der Waals surface area contributed by atoms with Crippen molar-refractivity contribution >= 4 is 99.4 Å². The normalized spacial score (nSPS) is 14.5. The Labute approximate surface area is 265 Å². The SMILES string of the molecule is CC(C)(C)OC(=O)N1CCN(c2ccc(-c3nonc3N(C(=O)OCC(Cl)(Cl)Cl)C(=O)OCC(Cl)(Cl)Cl)cc2)CC1. The van der Waals surface area contributed by atoms with Gasteiger partial charge in [0.25, 0.3) is 0 Å². The Balaban J connectivity index is 1.77. The number of rotatable bonds is 5. The summed E-state index contributed by atoms with van der Waals surface area (Å²) < 4.78 is 16.2. The van der Waals surface area contributed by atoms with Gasteiger partial charge in [-0.3, -0.25) is 0 Å². The van der Waals surface area contributed by atoms with E-state index in [2.05, 4.69) is 15.2 Å². The number of aromatic nitrogens is 2. The number of benzene rings is 1. The van der Waals surface area contributed by atoms with Gasteiger partial charge in [0.2, 0.25) is 13.4 Å². The first kappa shape index (κ1) is 33.4. The smallest absolute Gasteiger partial charge is 0.425 e. The number of piperazine rings is 1. The third kappa shape index (κ3) is 10.3. The van der Waals surface area contributed by atoms with Crippen molar-refractivity contribution in [2.75, 3.05) is 49.2 Å². The summed E-state index contributed by atoms with van der Waals surface area (Å²) in [5.41, 5.74) is 0.693. The van der Waals surface area contributed by atoms with Gasteiger partial charge in [-0.1, -0.05) is 81.7 Å². The van der Waals surface area contributed by atoms with Crippen molar-refractivity contribution < 1.29 is 33.2 Å². The van der Waals surface area contributed by atoms with Crippen molar-refractivity contribution in [1.82, 2.24) is 15.2 Å². The summed E-state index contributed by atoms with van der Waals surface area (Å²) in [5, 5.41) is 7.49. The van der Waals surface area contributed by atoms with Crippen LogP contribution in [0.5, 0.6) is 0 Å². The molecule has 3 amide bonds. The van der Waals surface area contributed by atoms with Gasteiger partial charge < -0.3 is 24.0 Å². The van der Waals surface area contributed by atoms with Crippen LogP contribution in [0.25, 0.3) is 11.3 Å². The standard InChI is InChI=1S/C23H25Cl6N5O7/c1-21(2,3)40-18(35)33-10-8-32(9-11-33)15-6-4-14(5-7-15)16-17(31-41-30-16)34(19(36)38-12-22(24,25)26)20(37)39-13-23(27,28)29/h4-7H,8-13H2,1-3H3. The Morgan fingerprint density at radius 1 is 0.854 bits per heavy atom. The van der Waals surface area contributed by atoms with E-state index >= 15 is 0 Å². The quantitative estimate of drug-likeness (QED) is 0.249. The van der Waals surface area contributed by atoms with Gasteiger partial charge in [-0.25, -0.2) is 19.0 Å². The van der Waals surface area contributed by atoms with Crippen LogP contribution in [0.1, 0.15) is 20.8 Å². The van der Waals surface area contributed by atoms with E-state index < -0.39 is 38.6 Å². The van der Waals surface area contributed by atoms with E-state index in [1.54, 1.807) is 29.2 Å². The van der Waals surface area contributed by atoms with Crippen molar-refractivity contribution in [2.24, 2.45) is 0 Å². The minimum atomic E-state index is -1.97. The first-order valence-electron chi connectivity index (χ1n) is 11.9. The van der Waals surface area contributed by atoms with Gasteiger partial charge >= 0.3 is 18.3 Å². The Morgan fingerprint density at radius 2 is 1.37 bits per heavy atom. The van der Waals surface area contributed by atoms with Crippen LogP contribution in [-0.4, -0.2) is 86.1 Å². The van der Waals surface area contributed by atoms with Crippen LogP contribution < -0.4 is 9.80 Å². The predicted octanol–water partition coefficient (Wildman–Crippen LogP) is 6.61. The molecule has 0 unspecified atom stereocenters. The number of amides is 3. The average Bonchev–Trinajstić information content (AvgIpc) is 3.34. The lowest BCUT2D eigenvalue weighted by atomic mass is 10.1. The highest BCUT2D eigenvalue weighted by molar-refractivity contribution is 6.68. The molecule has 18 heteroatoms. The zero-order chi connectivity index (χ0) is 30.6. The van der Waals surface area contributed by atoms with Gasteiger partial charge in [0.1, 0.15) is 18.8 Å². The summed E-state index contributed by atoms with van der Waals surface area (Å²) in [6.45, 7) is 6.15. The summed E-state index contributed by atoms with van der Waals surface area (Å²) in [7, 11) is 0. The molecule has 1 saturated heterocycles. The second-order valence-electron chi connectivity index (χ2n) is 9.61. The Bertz CT molecular complexity index is 1190. The molecule has 0 spiro atoms. The molecule has 1 fully saturated rings. The number of imide groups is 1. The Kier molecular flexibility index (Phi) is 11.0. The molecule has 1 aromatic carbocycles. The second kappa shape index (κ2) is 13.5. The van der Waals surface area contributed by atoms with Gasteiger partial charge in [0.15, 0.2) is 5.69 Å². The largest absolute Gasteiger partial charge is 0.444 e. The molecule has 226 valence electrons. The lowest BCUT2D eigenvalue weighted by Gasteiger charge is -2.36. The van der Waals surface area contributed by atoms with Crippen LogP contribution in [0, 0.1) is 0 Å². The van der Waals surface area contributed by atoms with E-state index in [1.165, 1.54) is 0 Å². The molecule has 1 aliphatic rings. The number of halogens is 6. The summed E-state index contributed by atoms with van der Waals surface area (Å²) in [6.07, 6.45) is -2.99. The van der Waals surface area contributed by atoms with Gasteiger partial charge in [0.05, 0.1) is 0 Å². The number of ether oxygens (including phenoxy) is 3. The van der Waals surface area contributed by atoms with Crippen molar-refractivity contribution in [3.63, 3.8) is 0 Å². The predicted molar refractivity (Wildman–Crippen MR) is 156 cm³/mol. The van der Waals surface area contributed by atoms with E-state index in [1.807, 2.05) is 20.8 Å². The van der Waals surface area contributed by atoms with Crippen LogP contribution in [0.4, 0.5) is 25.9 Å². The van der Waals surface area contributed by atoms with Crippen molar-refractivity contribution in [3.05, 3.63) is 24.3 Å². The van der Waals surface area contributed by atoms with Crippen LogP contribution in [-0.2, 0) is 14.2 Å². The molecule has 2 aromatic rings. The zero-order valence-corrected chi connectivity index (χ0v) is 26.4. The number of nitrogens with zero attached hydrogens (tertiary/aromatic N) is 5. The van der Waals surface area contributed by atoms with Crippen LogP contribution in [0.15, 0.2) is 28.9 Å². The maximum Gasteiger partial charge on any atom is 0.425 e. The molecule has 12 nitrogen and oxygen atoms in total. The third-order valence-electron chi connectivity index (χ3n) is 5.20. The van der Waals surface area contributed by atoms with Gasteiger partial charge in [-0.05, 0) is 43.2 Å². The Morgan fingerprint density at radius 3 is 1.83 bits per heavy atom. The third-order valence-corrected chi connectivity index (χ3v) is 5.86. The lowest BCUT2D eigenvalue weighted by molar-refractivity contribution is 0.0240. The number of carbonyl (C=O) groups is 3. The number of hydrogen-bond acceptors (Lipinski definition) is 10. The van der Waals surface area contributed by atoms with E-state index in [9.17, 15) is 14.4 Å². The first-order valence-corrected chi connectivity index (χ1v) is 14.1. The van der Waals surface area contributed by atoms with E-state index in [0.717, 1.165) is 5.69 Å². The fourth-order valence-corrected chi connectivity index (χ4v) is 3.81. The number of anilines is 2. The van der Waals surface area contributed by atoms with E-state index in [0.29, 0.717) is 36.6 Å². The average molecular weight is 696 g/mol. The van der Waals surface area contributed by atoms with Gasteiger partial charge in [0, 0.05) is 37.4 Å². The molecule has 0 atom stereocenters. The molecule has 0 bridgehead atoms. The highest BCUT2D eigenvalue weighted by atomic mass is 35.6. The molecule has 3 rings (SSSR count). The summed E-state index contributed by atoms with van der Waals surface area (Å²) in [4.78, 5) is 42.1. The number of carbonyl (C=O) groups excluding carboxylic acids is 3. The van der Waals surface area contributed by atoms with E-state index in [-0.39, 0.29) is 17.6 Å². The molecule has 1 aliphatic heterocycles. The summed E-state index contributed by atoms with van der Waals surface area (Å²) >= 11 is 33.9. The van der Waals surface area contributed by atoms with Crippen molar-refractivity contribution in [3.8, 4) is 11.3 Å². The molecule has 1 aromatic heterocycles. The van der Waals surface area contributed by atoms with Crippen molar-refractivity contribution in [2.45, 2.75) is 34.0 Å². The number of alkyl halides is 6. The van der Waals surface area contributed by atoms with Crippen LogP contribution in [0.3, 0.4) is 0 Å². The minimum Gasteiger partial charge on any atom is -0.444 e. The summed E-state index contributed by atoms with van der Waals surface area (Å²) in [6, 6.07) is 6.94. The molecule has 0 radical (unpaired) electrons. The highest BCUT2D eigenvalue weighted by Crippen LogP contribution is 2.32. The molecular formula is C23H25Cl6N5O7. The fourth-order valence-electron chi connectivity index (χ4n) is 3.48. The first-order chi connectivity index (χ1) is 18.9. The molecular weight excluding hydrogens is 671 g/mol. The van der Waals surface area contributed by atoms with Gasteiger partial charge in [-0.15, -0.1) is 0 Å². The topological polar surface area (TPSA) is 128 Å². The summed E-state index contributed by atoms with van der Waals surface area (Å²) in [5.74, 6) is -0.382. The van der Waals surface area contributed by atoms with Crippen molar-refractivity contribution in [1.29, 1.82) is 0 Å². The fraction of sp³-hybridized carbons (Fsp3) is 0.522. The van der Waals surface area contributed by atoms with Crippen LogP contribution in [0.2, 0.25) is 0 Å². The molecule has 2 heterocycles. The lowest BCUT2D eigenvalue weighted by Crippen LogP contribution is -2.50. The zero-order valence-electron chi connectivity index (χ0n) is 21.9. The maximum atomic E-state index is 12.8. The molecule has 0 saturated carbocycles. The second-order valence-corrected chi connectivity index (χ2v) is 14.6. The Hall–Kier alpha value is -2.09. The van der Waals surface area contributed by atoms with Crippen LogP contribution >= 0.6 is 69.6 Å². The minimum absolute atomic E-state index is 0.0111. The molecule has 41 heavy (non-hydrogen) atoms. The highest BCUT2D eigenvalue weighted by Gasteiger charge is 2.36. The maximum absolute atomic E-state index is 12.8.